The van der Waals surface area contributed by atoms with Gasteiger partial charge in [0.2, 0.25) is 0 Å². The summed E-state index contributed by atoms with van der Waals surface area (Å²) in [5.74, 6) is 1.65. The van der Waals surface area contributed by atoms with Gasteiger partial charge < -0.3 is 59.4 Å². The van der Waals surface area contributed by atoms with Crippen molar-refractivity contribution in [2.24, 2.45) is 58.2 Å². The molecule has 6 rings (SSSR count). The fourth-order valence-corrected chi connectivity index (χ4v) is 11.7. The van der Waals surface area contributed by atoms with Crippen molar-refractivity contribution in [3.8, 4) is 0 Å². The highest BCUT2D eigenvalue weighted by molar-refractivity contribution is 5.15. The van der Waals surface area contributed by atoms with E-state index in [0.29, 0.717) is 18.8 Å². The number of rotatable bonds is 11. The van der Waals surface area contributed by atoms with Crippen molar-refractivity contribution in [2.75, 3.05) is 26.9 Å². The first-order chi connectivity index (χ1) is 24.1. The molecule has 2 aliphatic heterocycles. The van der Waals surface area contributed by atoms with Crippen LogP contribution in [0.3, 0.4) is 0 Å². The van der Waals surface area contributed by atoms with E-state index in [0.717, 1.165) is 32.1 Å². The molecule has 0 aromatic heterocycles. The molecule has 6 fully saturated rings. The minimum absolute atomic E-state index is 0.00537. The summed E-state index contributed by atoms with van der Waals surface area (Å²) < 4.78 is 28.8. The zero-order valence-electron chi connectivity index (χ0n) is 31.4. The number of aliphatic hydroxyl groups excluding tert-OH is 7. The molecule has 294 valence electrons. The van der Waals surface area contributed by atoms with Crippen molar-refractivity contribution >= 4 is 0 Å². The van der Waals surface area contributed by atoms with Crippen LogP contribution in [0.4, 0.5) is 0 Å². The molecule has 6 aliphatic rings. The van der Waals surface area contributed by atoms with Crippen LogP contribution in [0.1, 0.15) is 79.6 Å². The van der Waals surface area contributed by atoms with Crippen LogP contribution >= 0.6 is 0 Å². The minimum Gasteiger partial charge on any atom is -0.394 e. The van der Waals surface area contributed by atoms with Crippen LogP contribution in [0.5, 0.6) is 0 Å². The van der Waals surface area contributed by atoms with Gasteiger partial charge in [-0.1, -0.05) is 46.8 Å². The third-order valence-electron chi connectivity index (χ3n) is 14.8. The fraction of sp³-hybridized carbons (Fsp3) is 0.949. The molecular weight excluding hydrogens is 660 g/mol. The van der Waals surface area contributed by atoms with E-state index in [1.54, 1.807) is 0 Å². The zero-order chi connectivity index (χ0) is 37.0. The summed E-state index contributed by atoms with van der Waals surface area (Å²) in [6.07, 6.45) is 0.288. The topological polar surface area (TPSA) is 188 Å². The van der Waals surface area contributed by atoms with Crippen LogP contribution in [0, 0.1) is 58.2 Å². The molecule has 2 heterocycles. The van der Waals surface area contributed by atoms with E-state index in [1.807, 2.05) is 0 Å². The summed E-state index contributed by atoms with van der Waals surface area (Å²) in [7, 11) is 1.41. The summed E-state index contributed by atoms with van der Waals surface area (Å²) in [5.41, 5.74) is -0.0554. The van der Waals surface area contributed by atoms with Crippen molar-refractivity contribution in [2.45, 2.75) is 147 Å². The van der Waals surface area contributed by atoms with Crippen molar-refractivity contribution in [1.29, 1.82) is 0 Å². The highest BCUT2D eigenvalue weighted by atomic mass is 16.8. The minimum atomic E-state index is -1.42. The van der Waals surface area contributed by atoms with Gasteiger partial charge in [0.1, 0.15) is 36.6 Å². The summed E-state index contributed by atoms with van der Waals surface area (Å²) in [6, 6.07) is 0. The van der Waals surface area contributed by atoms with Gasteiger partial charge in [-0.05, 0) is 97.2 Å². The molecule has 2 saturated heterocycles. The predicted molar refractivity (Wildman–Crippen MR) is 186 cm³/mol. The number of hydrogen-bond acceptors (Lipinski definition) is 12. The lowest BCUT2D eigenvalue weighted by Crippen LogP contribution is -2.59. The van der Waals surface area contributed by atoms with Gasteiger partial charge in [0, 0.05) is 13.0 Å². The Morgan fingerprint density at radius 2 is 1.55 bits per heavy atom. The van der Waals surface area contributed by atoms with E-state index >= 15 is 0 Å². The van der Waals surface area contributed by atoms with Crippen LogP contribution < -0.4 is 0 Å². The Labute approximate surface area is 303 Å². The lowest BCUT2D eigenvalue weighted by molar-refractivity contribution is -0.306. The van der Waals surface area contributed by atoms with E-state index in [-0.39, 0.29) is 71.6 Å². The molecular formula is C39H66O12. The first-order valence-corrected chi connectivity index (χ1v) is 19.6. The number of fused-ring (bicyclic) bond motifs is 5. The van der Waals surface area contributed by atoms with Crippen LogP contribution in [0.2, 0.25) is 0 Å². The van der Waals surface area contributed by atoms with E-state index in [2.05, 4.69) is 46.8 Å². The number of allylic oxidation sites excluding steroid dienone is 1. The second-order valence-electron chi connectivity index (χ2n) is 17.9. The third kappa shape index (κ3) is 7.36. The maximum absolute atomic E-state index is 11.7. The van der Waals surface area contributed by atoms with Crippen LogP contribution in [0.15, 0.2) is 12.2 Å². The summed E-state index contributed by atoms with van der Waals surface area (Å²) in [4.78, 5) is 0. The predicted octanol–water partition coefficient (Wildman–Crippen LogP) is 1.99. The normalized spacial score (nSPS) is 51.3. The number of ether oxygens (including phenoxy) is 5. The number of hydrogen-bond donors (Lipinski definition) is 7. The maximum Gasteiger partial charge on any atom is 0.187 e. The van der Waals surface area contributed by atoms with E-state index in [1.165, 1.54) is 7.11 Å². The van der Waals surface area contributed by atoms with Gasteiger partial charge in [0.25, 0.3) is 0 Å². The number of aliphatic hydroxyl groups is 7. The van der Waals surface area contributed by atoms with E-state index in [4.69, 9.17) is 23.7 Å². The number of methoxy groups -OCH3 is 1. The zero-order valence-corrected chi connectivity index (χ0v) is 31.4. The molecule has 0 bridgehead atoms. The molecule has 0 amide bonds. The second kappa shape index (κ2) is 15.8. The Balaban J connectivity index is 1.11. The van der Waals surface area contributed by atoms with Crippen LogP contribution in [-0.2, 0) is 23.7 Å². The molecule has 4 aliphatic carbocycles. The highest BCUT2D eigenvalue weighted by Gasteiger charge is 2.64. The van der Waals surface area contributed by atoms with Gasteiger partial charge >= 0.3 is 0 Å². The molecule has 51 heavy (non-hydrogen) atoms. The van der Waals surface area contributed by atoms with Gasteiger partial charge in [-0.3, -0.25) is 0 Å². The molecule has 4 saturated carbocycles. The molecule has 0 radical (unpaired) electrons. The first-order valence-electron chi connectivity index (χ1n) is 19.6. The Kier molecular flexibility index (Phi) is 12.4. The maximum atomic E-state index is 11.7. The van der Waals surface area contributed by atoms with Crippen molar-refractivity contribution in [1.82, 2.24) is 0 Å². The smallest absolute Gasteiger partial charge is 0.187 e. The lowest BCUT2D eigenvalue weighted by Gasteiger charge is -2.62. The molecule has 0 spiro atoms. The summed E-state index contributed by atoms with van der Waals surface area (Å²) >= 11 is 0. The van der Waals surface area contributed by atoms with Gasteiger partial charge in [0.15, 0.2) is 12.6 Å². The molecule has 20 atom stereocenters. The average Bonchev–Trinajstić information content (AvgIpc) is 3.54. The van der Waals surface area contributed by atoms with Crippen LogP contribution in [0.25, 0.3) is 0 Å². The summed E-state index contributed by atoms with van der Waals surface area (Å²) in [5, 5.41) is 75.3. The van der Waals surface area contributed by atoms with Gasteiger partial charge in [0.05, 0.1) is 38.1 Å². The highest BCUT2D eigenvalue weighted by Crippen LogP contribution is 2.68. The SMILES string of the molecule is CO[C@@H]1CO[C@@H](O[C@H]2[C@H](OC[C@@H](C=C[C@@H](C)[C@H]3C[C@@H](O)[C@H]4[C@@H]5C[C@H](O)[C@H]6C[C@@H](O)CC[C@]6(C)[C@H]5CC[C@@]43C)C(C)C)O[C@@H](CO)[C@@H]2O)[C@H](O)[C@H]1O. The fourth-order valence-electron chi connectivity index (χ4n) is 11.7. The van der Waals surface area contributed by atoms with Gasteiger partial charge in [-0.15, -0.1) is 0 Å². The summed E-state index contributed by atoms with van der Waals surface area (Å²) in [6.45, 7) is 11.0. The Hall–Kier alpha value is -0.740. The molecule has 0 unspecified atom stereocenters. The lowest BCUT2D eigenvalue weighted by atomic mass is 9.43. The van der Waals surface area contributed by atoms with Gasteiger partial charge in [-0.25, -0.2) is 0 Å². The van der Waals surface area contributed by atoms with Crippen molar-refractivity contribution in [3.63, 3.8) is 0 Å². The molecule has 12 nitrogen and oxygen atoms in total. The monoisotopic (exact) mass is 726 g/mol. The quantitative estimate of drug-likeness (QED) is 0.154. The first kappa shape index (κ1) is 39.9. The standard InChI is InChI=1S/C39H66O12/c1-19(2)21(17-48-37-35(33(45)29(16-40)50-37)51-36-34(46)32(44)30(47-6)18-49-36)8-7-20(3)25-15-28(43)31-23-14-27(42)26-13-22(41)9-11-38(26,4)24(23)10-12-39(25,31)5/h7-8,19-37,40-46H,9-18H2,1-6H3/t20-,21-,22+,23-,24+,25-,26-,27+,28-,29+,30-,31-,32+,33+,34-,35-,36+,37-,38-,39-/m1/s1. The molecule has 0 aromatic carbocycles. The van der Waals surface area contributed by atoms with Crippen LogP contribution in [-0.4, -0.2) is 130 Å². The Bertz CT molecular complexity index is 1190. The molecule has 12 heteroatoms. The molecule has 0 aromatic rings. The van der Waals surface area contributed by atoms with E-state index < -0.39 is 68.0 Å². The third-order valence-corrected chi connectivity index (χ3v) is 14.8. The van der Waals surface area contributed by atoms with Gasteiger partial charge in [-0.2, -0.15) is 0 Å². The Morgan fingerprint density at radius 3 is 2.24 bits per heavy atom. The second-order valence-corrected chi connectivity index (χ2v) is 17.9. The average molecular weight is 727 g/mol. The largest absolute Gasteiger partial charge is 0.394 e. The van der Waals surface area contributed by atoms with E-state index in [9.17, 15) is 35.7 Å². The Morgan fingerprint density at radius 1 is 0.824 bits per heavy atom. The molecule has 7 N–H and O–H groups in total. The van der Waals surface area contributed by atoms with Crippen molar-refractivity contribution in [3.05, 3.63) is 12.2 Å². The van der Waals surface area contributed by atoms with Crippen molar-refractivity contribution < 1.29 is 59.4 Å².